The second-order valence-electron chi connectivity index (χ2n) is 5.77. The van der Waals surface area contributed by atoms with E-state index in [0.29, 0.717) is 23.8 Å². The van der Waals surface area contributed by atoms with Crippen molar-refractivity contribution in [3.8, 4) is 10.8 Å². The van der Waals surface area contributed by atoms with Gasteiger partial charge < -0.3 is 4.42 Å². The summed E-state index contributed by atoms with van der Waals surface area (Å²) < 4.78 is 35.2. The van der Waals surface area contributed by atoms with Gasteiger partial charge in [0.1, 0.15) is 5.76 Å². The highest BCUT2D eigenvalue weighted by atomic mass is 32.2. The van der Waals surface area contributed by atoms with Gasteiger partial charge in [-0.25, -0.2) is 4.98 Å². The van der Waals surface area contributed by atoms with E-state index in [-0.39, 0.29) is 11.5 Å². The normalized spacial score (nSPS) is 11.8. The van der Waals surface area contributed by atoms with Gasteiger partial charge in [0.2, 0.25) is 5.89 Å². The Morgan fingerprint density at radius 3 is 2.44 bits per heavy atom. The van der Waals surface area contributed by atoms with Crippen LogP contribution in [0, 0.1) is 20.8 Å². The second-order valence-corrected chi connectivity index (χ2v) is 8.67. The number of benzene rings is 1. The number of aromatic nitrogens is 1. The Morgan fingerprint density at radius 1 is 1.08 bits per heavy atom. The molecule has 0 radical (unpaired) electrons. The van der Waals surface area contributed by atoms with Gasteiger partial charge in [-0.2, -0.15) is 8.42 Å². The molecule has 2 aromatic heterocycles. The highest BCUT2D eigenvalue weighted by Crippen LogP contribution is 2.28. The first kappa shape index (κ1) is 17.8. The fourth-order valence-corrected chi connectivity index (χ4v) is 4.04. The van der Waals surface area contributed by atoms with E-state index in [1.54, 1.807) is 35.6 Å². The molecule has 2 heterocycles. The predicted molar refractivity (Wildman–Crippen MR) is 97.3 cm³/mol. The van der Waals surface area contributed by atoms with Crippen molar-refractivity contribution in [2.75, 3.05) is 6.61 Å². The zero-order valence-electron chi connectivity index (χ0n) is 14.3. The maximum absolute atomic E-state index is 12.2. The largest absolute Gasteiger partial charge is 0.440 e. The van der Waals surface area contributed by atoms with Crippen LogP contribution in [0.3, 0.4) is 0 Å². The average Bonchev–Trinajstić information content (AvgIpc) is 3.14. The molecular formula is C18H19NO4S2. The number of rotatable bonds is 6. The van der Waals surface area contributed by atoms with Crippen LogP contribution in [0.5, 0.6) is 0 Å². The number of hydrogen-bond acceptors (Lipinski definition) is 6. The van der Waals surface area contributed by atoms with Crippen LogP contribution in [-0.2, 0) is 20.7 Å². The van der Waals surface area contributed by atoms with Crippen molar-refractivity contribution in [3.05, 3.63) is 58.3 Å². The minimum Gasteiger partial charge on any atom is -0.440 e. The Labute approximate surface area is 151 Å². The molecular weight excluding hydrogens is 358 g/mol. The molecule has 3 aromatic rings. The first-order chi connectivity index (χ1) is 11.8. The van der Waals surface area contributed by atoms with Gasteiger partial charge in [0.25, 0.3) is 10.1 Å². The van der Waals surface area contributed by atoms with Crippen molar-refractivity contribution in [2.45, 2.75) is 32.1 Å². The zero-order chi connectivity index (χ0) is 18.0. The molecule has 0 aliphatic carbocycles. The van der Waals surface area contributed by atoms with Crippen LogP contribution in [0.2, 0.25) is 0 Å². The summed E-state index contributed by atoms with van der Waals surface area (Å²) in [5, 5.41) is 0. The number of oxazole rings is 1. The van der Waals surface area contributed by atoms with Gasteiger partial charge >= 0.3 is 0 Å². The molecule has 1 aromatic carbocycles. The van der Waals surface area contributed by atoms with Crippen LogP contribution in [0.15, 0.2) is 45.7 Å². The minimum absolute atomic E-state index is 0.0203. The van der Waals surface area contributed by atoms with Crippen LogP contribution in [0.1, 0.15) is 21.9 Å². The van der Waals surface area contributed by atoms with Gasteiger partial charge in [-0.05, 0) is 45.0 Å². The molecule has 0 atom stereocenters. The molecule has 0 aliphatic rings. The quantitative estimate of drug-likeness (QED) is 0.600. The number of aryl methyl sites for hydroxylation is 3. The number of thiophene rings is 1. The van der Waals surface area contributed by atoms with Crippen LogP contribution in [0.4, 0.5) is 0 Å². The second kappa shape index (κ2) is 7.11. The van der Waals surface area contributed by atoms with E-state index in [4.69, 9.17) is 8.60 Å². The van der Waals surface area contributed by atoms with Gasteiger partial charge in [0, 0.05) is 11.3 Å². The third-order valence-corrected chi connectivity index (χ3v) is 6.05. The van der Waals surface area contributed by atoms with Crippen LogP contribution in [-0.4, -0.2) is 20.0 Å². The van der Waals surface area contributed by atoms with Gasteiger partial charge in [-0.1, -0.05) is 17.7 Å². The third kappa shape index (κ3) is 4.18. The summed E-state index contributed by atoms with van der Waals surface area (Å²) in [4.78, 5) is 6.76. The van der Waals surface area contributed by atoms with E-state index in [2.05, 4.69) is 4.98 Å². The van der Waals surface area contributed by atoms with Gasteiger partial charge in [0.05, 0.1) is 22.1 Å². The van der Waals surface area contributed by atoms with E-state index < -0.39 is 10.1 Å². The van der Waals surface area contributed by atoms with Crippen molar-refractivity contribution in [1.82, 2.24) is 4.98 Å². The lowest BCUT2D eigenvalue weighted by molar-refractivity contribution is 0.320. The zero-order valence-corrected chi connectivity index (χ0v) is 15.9. The highest BCUT2D eigenvalue weighted by Gasteiger charge is 2.17. The minimum atomic E-state index is -3.76. The fraction of sp³-hybridized carbons (Fsp3) is 0.278. The summed E-state index contributed by atoms with van der Waals surface area (Å²) in [6.07, 6.45) is 0.366. The Kier molecular flexibility index (Phi) is 5.08. The number of hydrogen-bond donors (Lipinski definition) is 0. The molecule has 0 amide bonds. The SMILES string of the molecule is Cc1ccc(S(=O)(=O)OCCc2nc(-c3ccc(C)s3)oc2C)cc1. The van der Waals surface area contributed by atoms with E-state index in [9.17, 15) is 8.42 Å². The average molecular weight is 377 g/mol. The van der Waals surface area contributed by atoms with E-state index >= 15 is 0 Å². The molecule has 0 N–H and O–H groups in total. The summed E-state index contributed by atoms with van der Waals surface area (Å²) in [7, 11) is -3.76. The lowest BCUT2D eigenvalue weighted by Gasteiger charge is -2.05. The van der Waals surface area contributed by atoms with Crippen molar-refractivity contribution in [3.63, 3.8) is 0 Å². The topological polar surface area (TPSA) is 69.4 Å². The van der Waals surface area contributed by atoms with E-state index in [1.807, 2.05) is 32.9 Å². The summed E-state index contributed by atoms with van der Waals surface area (Å²) >= 11 is 1.61. The summed E-state index contributed by atoms with van der Waals surface area (Å²) in [6.45, 7) is 5.76. The molecule has 0 aliphatic heterocycles. The van der Waals surface area contributed by atoms with Crippen LogP contribution >= 0.6 is 11.3 Å². The molecule has 0 saturated heterocycles. The van der Waals surface area contributed by atoms with Crippen LogP contribution in [0.25, 0.3) is 10.8 Å². The summed E-state index contributed by atoms with van der Waals surface area (Å²) in [5.74, 6) is 1.24. The van der Waals surface area contributed by atoms with E-state index in [0.717, 1.165) is 10.4 Å². The first-order valence-corrected chi connectivity index (χ1v) is 10.1. The summed E-state index contributed by atoms with van der Waals surface area (Å²) in [5.41, 5.74) is 1.70. The maximum atomic E-state index is 12.2. The smallest absolute Gasteiger partial charge is 0.296 e. The molecule has 7 heteroatoms. The van der Waals surface area contributed by atoms with Gasteiger partial charge in [-0.3, -0.25) is 4.18 Å². The molecule has 0 unspecified atom stereocenters. The molecule has 0 fully saturated rings. The maximum Gasteiger partial charge on any atom is 0.296 e. The monoisotopic (exact) mass is 377 g/mol. The van der Waals surface area contributed by atoms with Gasteiger partial charge in [-0.15, -0.1) is 11.3 Å². The predicted octanol–water partition coefficient (Wildman–Crippen LogP) is 4.28. The molecule has 132 valence electrons. The Morgan fingerprint density at radius 2 is 1.80 bits per heavy atom. The lowest BCUT2D eigenvalue weighted by Crippen LogP contribution is -2.09. The van der Waals surface area contributed by atoms with Crippen molar-refractivity contribution >= 4 is 21.5 Å². The summed E-state index contributed by atoms with van der Waals surface area (Å²) in [6, 6.07) is 10.6. The molecule has 5 nitrogen and oxygen atoms in total. The Balaban J connectivity index is 1.66. The third-order valence-electron chi connectivity index (χ3n) is 3.73. The lowest BCUT2D eigenvalue weighted by atomic mass is 10.2. The molecule has 0 bridgehead atoms. The highest BCUT2D eigenvalue weighted by molar-refractivity contribution is 7.86. The molecule has 0 saturated carbocycles. The van der Waals surface area contributed by atoms with Crippen molar-refractivity contribution in [2.24, 2.45) is 0 Å². The van der Waals surface area contributed by atoms with E-state index in [1.165, 1.54) is 4.88 Å². The molecule has 0 spiro atoms. The number of nitrogens with zero attached hydrogens (tertiary/aromatic N) is 1. The Hall–Kier alpha value is -1.96. The van der Waals surface area contributed by atoms with Crippen LogP contribution < -0.4 is 0 Å². The molecule has 3 rings (SSSR count). The first-order valence-electron chi connectivity index (χ1n) is 7.84. The van der Waals surface area contributed by atoms with Crippen molar-refractivity contribution in [1.29, 1.82) is 0 Å². The Bertz CT molecular complexity index is 969. The molecule has 25 heavy (non-hydrogen) atoms. The fourth-order valence-electron chi connectivity index (χ4n) is 2.34. The van der Waals surface area contributed by atoms with Gasteiger partial charge in [0.15, 0.2) is 0 Å². The van der Waals surface area contributed by atoms with Crippen molar-refractivity contribution < 1.29 is 17.0 Å². The standard InChI is InChI=1S/C18H19NO4S2/c1-12-4-7-15(8-5-12)25(20,21)22-11-10-16-14(3)23-18(19-16)17-9-6-13(2)24-17/h4-9H,10-11H2,1-3H3.